The number of ether oxygens (including phenoxy) is 2. The third-order valence-electron chi connectivity index (χ3n) is 3.65. The van der Waals surface area contributed by atoms with Crippen LogP contribution in [0, 0.1) is 12.7 Å². The average molecular weight is 337 g/mol. The Bertz CT molecular complexity index is 851. The Morgan fingerprint density at radius 1 is 1.22 bits per heavy atom. The van der Waals surface area contributed by atoms with Crippen LogP contribution in [0.25, 0.3) is 0 Å². The van der Waals surface area contributed by atoms with E-state index in [1.54, 1.807) is 12.1 Å². The molecule has 0 atom stereocenters. The number of aryl methyl sites for hydroxylation is 1. The Morgan fingerprint density at radius 3 is 2.74 bits per heavy atom. The number of sulfonamides is 1. The van der Waals surface area contributed by atoms with Crippen LogP contribution in [0.2, 0.25) is 0 Å². The lowest BCUT2D eigenvalue weighted by Gasteiger charge is -2.30. The highest BCUT2D eigenvalue weighted by Gasteiger charge is 2.30. The lowest BCUT2D eigenvalue weighted by Crippen LogP contribution is -2.38. The number of rotatable bonds is 3. The van der Waals surface area contributed by atoms with E-state index in [1.807, 2.05) is 13.0 Å². The van der Waals surface area contributed by atoms with E-state index in [0.717, 1.165) is 11.6 Å². The van der Waals surface area contributed by atoms with Crippen LogP contribution >= 0.6 is 0 Å². The van der Waals surface area contributed by atoms with E-state index in [9.17, 15) is 12.8 Å². The number of anilines is 1. The summed E-state index contributed by atoms with van der Waals surface area (Å²) in [6, 6.07) is 8.87. The van der Waals surface area contributed by atoms with Gasteiger partial charge in [0.05, 0.1) is 24.2 Å². The largest absolute Gasteiger partial charge is 0.494 e. The van der Waals surface area contributed by atoms with E-state index in [2.05, 4.69) is 0 Å². The zero-order chi connectivity index (χ0) is 16.6. The fourth-order valence-electron chi connectivity index (χ4n) is 2.48. The maximum Gasteiger partial charge on any atom is 0.264 e. The van der Waals surface area contributed by atoms with Crippen molar-refractivity contribution in [2.24, 2.45) is 0 Å². The highest BCUT2D eigenvalue weighted by atomic mass is 32.2. The summed E-state index contributed by atoms with van der Waals surface area (Å²) in [7, 11) is -2.54. The molecule has 0 fully saturated rings. The van der Waals surface area contributed by atoms with Gasteiger partial charge in [0, 0.05) is 6.07 Å². The van der Waals surface area contributed by atoms with Crippen LogP contribution in [-0.2, 0) is 10.0 Å². The lowest BCUT2D eigenvalue weighted by atomic mass is 10.2. The first-order valence-corrected chi connectivity index (χ1v) is 8.47. The van der Waals surface area contributed by atoms with Crippen LogP contribution in [0.5, 0.6) is 11.5 Å². The van der Waals surface area contributed by atoms with Crippen molar-refractivity contribution in [3.05, 3.63) is 47.8 Å². The van der Waals surface area contributed by atoms with Crippen LogP contribution < -0.4 is 13.8 Å². The van der Waals surface area contributed by atoms with Crippen LogP contribution in [0.1, 0.15) is 5.56 Å². The molecular formula is C16H16FNO4S. The van der Waals surface area contributed by atoms with Crippen molar-refractivity contribution in [1.29, 1.82) is 0 Å². The molecule has 0 bridgehead atoms. The molecule has 0 unspecified atom stereocenters. The third-order valence-corrected chi connectivity index (χ3v) is 5.45. The predicted octanol–water partition coefficient (Wildman–Crippen LogP) is 2.73. The fraction of sp³-hybridized carbons (Fsp3) is 0.250. The molecule has 0 spiro atoms. The van der Waals surface area contributed by atoms with Gasteiger partial charge in [0.1, 0.15) is 12.4 Å². The predicted molar refractivity (Wildman–Crippen MR) is 84.2 cm³/mol. The minimum Gasteiger partial charge on any atom is -0.494 e. The molecule has 0 N–H and O–H groups in total. The molecule has 23 heavy (non-hydrogen) atoms. The Labute approximate surface area is 134 Å². The quantitative estimate of drug-likeness (QED) is 0.864. The molecule has 0 saturated heterocycles. The van der Waals surface area contributed by atoms with Gasteiger partial charge in [-0.05, 0) is 36.8 Å². The van der Waals surface area contributed by atoms with Gasteiger partial charge in [-0.2, -0.15) is 0 Å². The summed E-state index contributed by atoms with van der Waals surface area (Å²) in [5, 5.41) is 0. The Hall–Kier alpha value is -2.28. The van der Waals surface area contributed by atoms with E-state index < -0.39 is 15.8 Å². The highest BCUT2D eigenvalue weighted by Crippen LogP contribution is 2.36. The molecule has 3 rings (SSSR count). The fourth-order valence-corrected chi connectivity index (χ4v) is 3.95. The minimum absolute atomic E-state index is 0.0230. The van der Waals surface area contributed by atoms with Gasteiger partial charge in [-0.15, -0.1) is 0 Å². The maximum atomic E-state index is 13.5. The summed E-state index contributed by atoms with van der Waals surface area (Å²) in [4.78, 5) is -0.0230. The second kappa shape index (κ2) is 5.73. The molecule has 7 heteroatoms. The molecule has 2 aromatic rings. The Kier molecular flexibility index (Phi) is 3.89. The van der Waals surface area contributed by atoms with E-state index in [4.69, 9.17) is 9.47 Å². The van der Waals surface area contributed by atoms with Crippen LogP contribution in [0.3, 0.4) is 0 Å². The molecule has 1 aliphatic heterocycles. The van der Waals surface area contributed by atoms with Crippen LogP contribution in [0.4, 0.5) is 10.1 Å². The standard InChI is InChI=1S/C16H16FNO4S/c1-11-3-6-15-14(9-11)18(7-8-22-15)23(19,20)12-4-5-13(17)16(10-12)21-2/h3-6,9-10H,7-8H2,1-2H3. The zero-order valence-corrected chi connectivity index (χ0v) is 13.6. The summed E-state index contributed by atoms with van der Waals surface area (Å²) in [6.07, 6.45) is 0. The number of benzene rings is 2. The van der Waals surface area contributed by atoms with E-state index in [-0.39, 0.29) is 23.8 Å². The van der Waals surface area contributed by atoms with Gasteiger partial charge in [-0.25, -0.2) is 12.8 Å². The molecule has 1 aliphatic rings. The maximum absolute atomic E-state index is 13.5. The molecule has 0 radical (unpaired) electrons. The third kappa shape index (κ3) is 2.72. The highest BCUT2D eigenvalue weighted by molar-refractivity contribution is 7.92. The van der Waals surface area contributed by atoms with Gasteiger partial charge >= 0.3 is 0 Å². The summed E-state index contributed by atoms with van der Waals surface area (Å²) in [5.41, 5.74) is 1.41. The van der Waals surface area contributed by atoms with Gasteiger partial charge in [0.25, 0.3) is 10.0 Å². The second-order valence-corrected chi connectivity index (χ2v) is 7.06. The molecule has 0 saturated carbocycles. The molecule has 0 aliphatic carbocycles. The molecule has 0 aromatic heterocycles. The summed E-state index contributed by atoms with van der Waals surface area (Å²) >= 11 is 0. The first-order valence-electron chi connectivity index (χ1n) is 7.03. The summed E-state index contributed by atoms with van der Waals surface area (Å²) in [6.45, 7) is 2.33. The van der Waals surface area contributed by atoms with Crippen molar-refractivity contribution in [2.45, 2.75) is 11.8 Å². The van der Waals surface area contributed by atoms with Gasteiger partial charge in [0.2, 0.25) is 0 Å². The van der Waals surface area contributed by atoms with Crippen molar-refractivity contribution in [3.63, 3.8) is 0 Å². The monoisotopic (exact) mass is 337 g/mol. The summed E-state index contributed by atoms with van der Waals surface area (Å²) in [5.74, 6) is -0.201. The second-order valence-electron chi connectivity index (χ2n) is 5.19. The van der Waals surface area contributed by atoms with Gasteiger partial charge in [-0.1, -0.05) is 6.07 Å². The van der Waals surface area contributed by atoms with Crippen LogP contribution in [-0.4, -0.2) is 28.7 Å². The Balaban J connectivity index is 2.10. The van der Waals surface area contributed by atoms with Crippen molar-refractivity contribution in [3.8, 4) is 11.5 Å². The first kappa shape index (κ1) is 15.6. The minimum atomic E-state index is -3.83. The molecule has 1 heterocycles. The van der Waals surface area contributed by atoms with Gasteiger partial charge in [0.15, 0.2) is 11.6 Å². The lowest BCUT2D eigenvalue weighted by molar-refractivity contribution is 0.315. The number of hydrogen-bond acceptors (Lipinski definition) is 4. The molecule has 5 nitrogen and oxygen atoms in total. The van der Waals surface area contributed by atoms with Crippen molar-refractivity contribution < 1.29 is 22.3 Å². The van der Waals surface area contributed by atoms with Gasteiger partial charge < -0.3 is 9.47 Å². The van der Waals surface area contributed by atoms with Crippen LogP contribution in [0.15, 0.2) is 41.3 Å². The number of nitrogens with zero attached hydrogens (tertiary/aromatic N) is 1. The average Bonchev–Trinajstić information content (AvgIpc) is 2.54. The number of fused-ring (bicyclic) bond motifs is 1. The van der Waals surface area contributed by atoms with Crippen molar-refractivity contribution in [2.75, 3.05) is 24.6 Å². The molecule has 122 valence electrons. The topological polar surface area (TPSA) is 55.8 Å². The zero-order valence-electron chi connectivity index (χ0n) is 12.7. The first-order chi connectivity index (χ1) is 10.9. The number of methoxy groups -OCH3 is 1. The molecule has 2 aromatic carbocycles. The van der Waals surface area contributed by atoms with Gasteiger partial charge in [-0.3, -0.25) is 4.31 Å². The SMILES string of the molecule is COc1cc(S(=O)(=O)N2CCOc3ccc(C)cc32)ccc1F. The van der Waals surface area contributed by atoms with Crippen molar-refractivity contribution in [1.82, 2.24) is 0 Å². The van der Waals surface area contributed by atoms with E-state index in [0.29, 0.717) is 11.4 Å². The smallest absolute Gasteiger partial charge is 0.264 e. The normalized spacial score (nSPS) is 14.1. The molecule has 0 amide bonds. The van der Waals surface area contributed by atoms with E-state index >= 15 is 0 Å². The number of hydrogen-bond donors (Lipinski definition) is 0. The van der Waals surface area contributed by atoms with E-state index in [1.165, 1.54) is 23.5 Å². The number of halogens is 1. The Morgan fingerprint density at radius 2 is 2.00 bits per heavy atom. The molecular weight excluding hydrogens is 321 g/mol. The summed E-state index contributed by atoms with van der Waals surface area (Å²) < 4.78 is 51.1. The van der Waals surface area contributed by atoms with Crippen molar-refractivity contribution >= 4 is 15.7 Å².